The van der Waals surface area contributed by atoms with E-state index in [0.717, 1.165) is 18.6 Å². The van der Waals surface area contributed by atoms with Crippen molar-refractivity contribution in [3.63, 3.8) is 0 Å². The van der Waals surface area contributed by atoms with E-state index >= 15 is 0 Å². The van der Waals surface area contributed by atoms with Gasteiger partial charge in [0.15, 0.2) is 0 Å². The average molecular weight is 224 g/mol. The standard InChI is InChI=1S/C12H20N2O2/c1-6-11(2,3)8-12(4,5)9-7-10(13-15)14-16-9/h7H,6,8H2,1-5H3. The zero-order valence-corrected chi connectivity index (χ0v) is 10.7. The SMILES string of the molecule is CCC(C)(C)CC(C)(C)c1cc(N=O)no1. The van der Waals surface area contributed by atoms with Gasteiger partial charge in [0.1, 0.15) is 5.76 Å². The maximum atomic E-state index is 10.3. The lowest BCUT2D eigenvalue weighted by atomic mass is 9.72. The summed E-state index contributed by atoms with van der Waals surface area (Å²) in [5, 5.41) is 6.37. The van der Waals surface area contributed by atoms with Gasteiger partial charge >= 0.3 is 0 Å². The van der Waals surface area contributed by atoms with Gasteiger partial charge in [-0.3, -0.25) is 0 Å². The van der Waals surface area contributed by atoms with Crippen LogP contribution in [0.5, 0.6) is 0 Å². The van der Waals surface area contributed by atoms with Crippen molar-refractivity contribution in [3.8, 4) is 0 Å². The minimum absolute atomic E-state index is 0.123. The summed E-state index contributed by atoms with van der Waals surface area (Å²) in [5.41, 5.74) is 0.112. The molecule has 0 spiro atoms. The van der Waals surface area contributed by atoms with Gasteiger partial charge in [0, 0.05) is 11.5 Å². The number of aromatic nitrogens is 1. The van der Waals surface area contributed by atoms with E-state index in [4.69, 9.17) is 4.52 Å². The van der Waals surface area contributed by atoms with Crippen LogP contribution in [0.2, 0.25) is 0 Å². The Labute approximate surface area is 96.4 Å². The van der Waals surface area contributed by atoms with E-state index in [1.165, 1.54) is 0 Å². The van der Waals surface area contributed by atoms with Crippen molar-refractivity contribution < 1.29 is 4.52 Å². The van der Waals surface area contributed by atoms with Crippen molar-refractivity contribution in [3.05, 3.63) is 16.7 Å². The average Bonchev–Trinajstić information content (AvgIpc) is 2.65. The second-order valence-corrected chi connectivity index (χ2v) is 5.72. The molecule has 0 unspecified atom stereocenters. The Morgan fingerprint density at radius 1 is 1.38 bits per heavy atom. The first-order valence-electron chi connectivity index (χ1n) is 5.61. The molecule has 1 aromatic rings. The molecule has 0 amide bonds. The smallest absolute Gasteiger partial charge is 0.238 e. The van der Waals surface area contributed by atoms with Crippen molar-refractivity contribution in [1.82, 2.24) is 5.16 Å². The van der Waals surface area contributed by atoms with Crippen LogP contribution in [-0.2, 0) is 5.41 Å². The van der Waals surface area contributed by atoms with Crippen molar-refractivity contribution in [2.24, 2.45) is 10.6 Å². The van der Waals surface area contributed by atoms with Gasteiger partial charge in [-0.15, -0.1) is 4.91 Å². The number of rotatable bonds is 5. The summed E-state index contributed by atoms with van der Waals surface area (Å²) in [5.74, 6) is 0.848. The van der Waals surface area contributed by atoms with Crippen molar-refractivity contribution in [2.75, 3.05) is 0 Å². The second kappa shape index (κ2) is 4.36. The highest BCUT2D eigenvalue weighted by atomic mass is 16.5. The molecule has 90 valence electrons. The number of nitrogens with zero attached hydrogens (tertiary/aromatic N) is 2. The van der Waals surface area contributed by atoms with Crippen LogP contribution >= 0.6 is 0 Å². The van der Waals surface area contributed by atoms with E-state index < -0.39 is 0 Å². The molecule has 1 rings (SSSR count). The van der Waals surface area contributed by atoms with E-state index in [-0.39, 0.29) is 16.6 Å². The van der Waals surface area contributed by atoms with Gasteiger partial charge in [-0.05, 0) is 17.0 Å². The van der Waals surface area contributed by atoms with Crippen molar-refractivity contribution >= 4 is 5.82 Å². The molecule has 1 heterocycles. The van der Waals surface area contributed by atoms with Crippen LogP contribution in [0, 0.1) is 10.3 Å². The normalized spacial score (nSPS) is 12.8. The molecule has 0 fully saturated rings. The van der Waals surface area contributed by atoms with Gasteiger partial charge < -0.3 is 4.52 Å². The summed E-state index contributed by atoms with van der Waals surface area (Å²) in [7, 11) is 0. The molecule has 0 atom stereocenters. The second-order valence-electron chi connectivity index (χ2n) is 5.72. The number of hydrogen-bond donors (Lipinski definition) is 0. The lowest BCUT2D eigenvalue weighted by molar-refractivity contribution is 0.211. The molecular formula is C12H20N2O2. The van der Waals surface area contributed by atoms with E-state index in [9.17, 15) is 4.91 Å². The lowest BCUT2D eigenvalue weighted by Crippen LogP contribution is -2.25. The Balaban J connectivity index is 2.88. The zero-order chi connectivity index (χ0) is 12.4. The lowest BCUT2D eigenvalue weighted by Gasteiger charge is -2.32. The summed E-state index contributed by atoms with van der Waals surface area (Å²) in [6.45, 7) is 10.8. The summed E-state index contributed by atoms with van der Waals surface area (Å²) in [6, 6.07) is 1.62. The van der Waals surface area contributed by atoms with Crippen molar-refractivity contribution in [1.29, 1.82) is 0 Å². The highest BCUT2D eigenvalue weighted by molar-refractivity contribution is 5.28. The zero-order valence-electron chi connectivity index (χ0n) is 10.7. The van der Waals surface area contributed by atoms with Gasteiger partial charge in [0.25, 0.3) is 0 Å². The Morgan fingerprint density at radius 3 is 2.44 bits per heavy atom. The van der Waals surface area contributed by atoms with Crippen LogP contribution in [-0.4, -0.2) is 5.16 Å². The van der Waals surface area contributed by atoms with Gasteiger partial charge in [0.2, 0.25) is 5.82 Å². The predicted molar refractivity (Wildman–Crippen MR) is 63.7 cm³/mol. The molecule has 1 aromatic heterocycles. The van der Waals surface area contributed by atoms with E-state index in [0.29, 0.717) is 0 Å². The number of nitroso groups, excluding NO2 is 1. The fraction of sp³-hybridized carbons (Fsp3) is 0.750. The number of hydrogen-bond acceptors (Lipinski definition) is 4. The molecular weight excluding hydrogens is 204 g/mol. The van der Waals surface area contributed by atoms with Crippen LogP contribution in [0.3, 0.4) is 0 Å². The Kier molecular flexibility index (Phi) is 3.51. The third kappa shape index (κ3) is 2.90. The minimum Gasteiger partial charge on any atom is -0.358 e. The van der Waals surface area contributed by atoms with Crippen LogP contribution in [0.4, 0.5) is 5.82 Å². The third-order valence-corrected chi connectivity index (χ3v) is 3.14. The van der Waals surface area contributed by atoms with E-state index in [2.05, 4.69) is 45.0 Å². The molecule has 0 aliphatic rings. The van der Waals surface area contributed by atoms with Gasteiger partial charge in [-0.25, -0.2) is 0 Å². The molecule has 0 aromatic carbocycles. The van der Waals surface area contributed by atoms with Crippen LogP contribution in [0.25, 0.3) is 0 Å². The topological polar surface area (TPSA) is 55.5 Å². The Hall–Kier alpha value is -1.19. The molecule has 0 saturated carbocycles. The first-order valence-corrected chi connectivity index (χ1v) is 5.61. The molecule has 16 heavy (non-hydrogen) atoms. The maximum Gasteiger partial charge on any atom is 0.238 e. The Bertz CT molecular complexity index is 367. The fourth-order valence-electron chi connectivity index (χ4n) is 2.04. The van der Waals surface area contributed by atoms with Gasteiger partial charge in [-0.1, -0.05) is 46.2 Å². The molecule has 0 aliphatic heterocycles. The van der Waals surface area contributed by atoms with Crippen molar-refractivity contribution in [2.45, 2.75) is 52.9 Å². The quantitative estimate of drug-likeness (QED) is 0.705. The minimum atomic E-state index is -0.130. The largest absolute Gasteiger partial charge is 0.358 e. The molecule has 0 aliphatic carbocycles. The van der Waals surface area contributed by atoms with Crippen LogP contribution in [0.1, 0.15) is 53.2 Å². The maximum absolute atomic E-state index is 10.3. The molecule has 0 bridgehead atoms. The summed E-state index contributed by atoms with van der Waals surface area (Å²) >= 11 is 0. The summed E-state index contributed by atoms with van der Waals surface area (Å²) in [4.78, 5) is 10.3. The molecule has 0 saturated heterocycles. The highest BCUT2D eigenvalue weighted by Gasteiger charge is 2.32. The Morgan fingerprint density at radius 2 is 2.00 bits per heavy atom. The molecule has 0 N–H and O–H groups in total. The predicted octanol–water partition coefficient (Wildman–Crippen LogP) is 4.18. The third-order valence-electron chi connectivity index (χ3n) is 3.14. The van der Waals surface area contributed by atoms with E-state index in [1.54, 1.807) is 6.07 Å². The molecule has 4 heteroatoms. The van der Waals surface area contributed by atoms with Crippen LogP contribution < -0.4 is 0 Å². The fourth-order valence-corrected chi connectivity index (χ4v) is 2.04. The summed E-state index contributed by atoms with van der Waals surface area (Å²) in [6.07, 6.45) is 2.08. The van der Waals surface area contributed by atoms with Crippen LogP contribution in [0.15, 0.2) is 15.8 Å². The first-order chi connectivity index (χ1) is 7.30. The first kappa shape index (κ1) is 12.9. The summed E-state index contributed by atoms with van der Waals surface area (Å²) < 4.78 is 5.17. The van der Waals surface area contributed by atoms with Gasteiger partial charge in [0.05, 0.1) is 0 Å². The molecule has 0 radical (unpaired) electrons. The monoisotopic (exact) mass is 224 g/mol. The van der Waals surface area contributed by atoms with E-state index in [1.807, 2.05) is 0 Å². The highest BCUT2D eigenvalue weighted by Crippen LogP contribution is 2.39. The van der Waals surface area contributed by atoms with Gasteiger partial charge in [-0.2, -0.15) is 0 Å². The molecule has 4 nitrogen and oxygen atoms in total.